The molecule has 2 aromatic carbocycles. The number of nitrogens with zero attached hydrogens (tertiary/aromatic N) is 5. The van der Waals surface area contributed by atoms with Crippen LogP contribution in [0.1, 0.15) is 29.7 Å². The van der Waals surface area contributed by atoms with Gasteiger partial charge in [-0.1, -0.05) is 23.7 Å². The first-order valence-corrected chi connectivity index (χ1v) is 12.5. The summed E-state index contributed by atoms with van der Waals surface area (Å²) in [6, 6.07) is 17.1. The molecule has 1 saturated heterocycles. The number of aromatic nitrogens is 2. The average molecular weight is 480 g/mol. The van der Waals surface area contributed by atoms with Crippen molar-refractivity contribution in [1.29, 1.82) is 0 Å². The normalized spacial score (nSPS) is 16.9. The second-order valence-electron chi connectivity index (χ2n) is 9.55. The summed E-state index contributed by atoms with van der Waals surface area (Å²) in [5, 5.41) is 5.85. The second-order valence-corrected chi connectivity index (χ2v) is 9.99. The van der Waals surface area contributed by atoms with Crippen molar-refractivity contribution in [1.82, 2.24) is 19.6 Å². The number of piperazine rings is 1. The Hall–Kier alpha value is -2.54. The highest BCUT2D eigenvalue weighted by Gasteiger charge is 2.32. The third-order valence-electron chi connectivity index (χ3n) is 7.00. The third kappa shape index (κ3) is 5.09. The highest BCUT2D eigenvalue weighted by Crippen LogP contribution is 2.35. The Morgan fingerprint density at radius 3 is 2.26 bits per heavy atom. The van der Waals surface area contributed by atoms with Gasteiger partial charge in [0.05, 0.1) is 18.5 Å². The average Bonchev–Trinajstić information content (AvgIpc) is 3.65. The lowest BCUT2D eigenvalue weighted by Crippen LogP contribution is -2.45. The number of hydrogen-bond donors (Lipinski definition) is 0. The zero-order valence-electron chi connectivity index (χ0n) is 20.4. The Bertz CT molecular complexity index is 1100. The van der Waals surface area contributed by atoms with Gasteiger partial charge in [-0.2, -0.15) is 5.10 Å². The van der Waals surface area contributed by atoms with Crippen LogP contribution in [0.3, 0.4) is 0 Å². The van der Waals surface area contributed by atoms with Crippen molar-refractivity contribution >= 4 is 17.4 Å². The van der Waals surface area contributed by atoms with Crippen molar-refractivity contribution in [2.45, 2.75) is 38.9 Å². The van der Waals surface area contributed by atoms with E-state index >= 15 is 0 Å². The lowest BCUT2D eigenvalue weighted by atomic mass is 10.1. The highest BCUT2D eigenvalue weighted by molar-refractivity contribution is 6.30. The number of aryl methyl sites for hydroxylation is 1. The van der Waals surface area contributed by atoms with E-state index in [0.29, 0.717) is 6.04 Å². The van der Waals surface area contributed by atoms with Gasteiger partial charge in [0.1, 0.15) is 11.6 Å². The molecule has 0 N–H and O–H groups in total. The molecule has 0 radical (unpaired) electrons. The second kappa shape index (κ2) is 9.98. The molecule has 2 heterocycles. The first kappa shape index (κ1) is 23.2. The summed E-state index contributed by atoms with van der Waals surface area (Å²) >= 11 is 6.13. The molecule has 1 aromatic heterocycles. The fourth-order valence-corrected chi connectivity index (χ4v) is 4.89. The minimum Gasteiger partial charge on any atom is -0.497 e. The van der Waals surface area contributed by atoms with Crippen LogP contribution in [-0.4, -0.2) is 66.0 Å². The summed E-state index contributed by atoms with van der Waals surface area (Å²) in [6.07, 6.45) is 2.53. The number of hydrogen-bond acceptors (Lipinski definition) is 5. The van der Waals surface area contributed by atoms with Gasteiger partial charge in [0.2, 0.25) is 0 Å². The van der Waals surface area contributed by atoms with E-state index in [4.69, 9.17) is 21.4 Å². The highest BCUT2D eigenvalue weighted by atomic mass is 35.5. The van der Waals surface area contributed by atoms with E-state index in [-0.39, 0.29) is 0 Å². The largest absolute Gasteiger partial charge is 0.497 e. The summed E-state index contributed by atoms with van der Waals surface area (Å²) in [4.78, 5) is 7.53. The van der Waals surface area contributed by atoms with Crippen LogP contribution >= 0.6 is 11.6 Å². The fraction of sp³-hybridized carbons (Fsp3) is 0.444. The summed E-state index contributed by atoms with van der Waals surface area (Å²) in [7, 11) is 3.90. The van der Waals surface area contributed by atoms with Crippen molar-refractivity contribution in [3.63, 3.8) is 0 Å². The topological polar surface area (TPSA) is 36.8 Å². The van der Waals surface area contributed by atoms with Gasteiger partial charge in [-0.3, -0.25) is 4.90 Å². The van der Waals surface area contributed by atoms with Crippen LogP contribution in [0.15, 0.2) is 48.5 Å². The number of methoxy groups -OCH3 is 1. The predicted octanol–water partition coefficient (Wildman–Crippen LogP) is 4.76. The maximum Gasteiger partial charge on any atom is 0.137 e. The molecule has 0 bridgehead atoms. The molecule has 3 aromatic rings. The fourth-order valence-electron chi connectivity index (χ4n) is 4.76. The predicted molar refractivity (Wildman–Crippen MR) is 138 cm³/mol. The number of ether oxygens (including phenoxy) is 1. The molecule has 0 amide bonds. The number of rotatable bonds is 8. The molecular weight excluding hydrogens is 446 g/mol. The van der Waals surface area contributed by atoms with Gasteiger partial charge in [0, 0.05) is 55.9 Å². The molecule has 5 rings (SSSR count). The van der Waals surface area contributed by atoms with Crippen molar-refractivity contribution < 1.29 is 4.74 Å². The number of likely N-dealkylation sites (N-methyl/N-ethyl adjacent to an activating group) is 1. The van der Waals surface area contributed by atoms with Gasteiger partial charge in [0.15, 0.2) is 0 Å². The number of anilines is 1. The molecule has 6 nitrogen and oxygen atoms in total. The van der Waals surface area contributed by atoms with Crippen LogP contribution in [-0.2, 0) is 13.1 Å². The van der Waals surface area contributed by atoms with Crippen LogP contribution in [0.4, 0.5) is 5.82 Å². The van der Waals surface area contributed by atoms with E-state index < -0.39 is 0 Å². The monoisotopic (exact) mass is 479 g/mol. The molecule has 1 aliphatic carbocycles. The standard InChI is InChI=1S/C27H34ClN5O/c1-20-26(19-32(23-8-9-23)18-21-4-6-22(28)7-5-21)27(31-16-14-30(2)15-17-31)33(29-20)24-10-12-25(34-3)13-11-24/h4-7,10-13,23H,8-9,14-19H2,1-3H3. The Morgan fingerprint density at radius 1 is 0.971 bits per heavy atom. The lowest BCUT2D eigenvalue weighted by Gasteiger charge is -2.35. The Balaban J connectivity index is 1.49. The molecule has 1 saturated carbocycles. The van der Waals surface area contributed by atoms with Gasteiger partial charge in [0.25, 0.3) is 0 Å². The first-order chi connectivity index (χ1) is 16.5. The lowest BCUT2D eigenvalue weighted by molar-refractivity contribution is 0.245. The van der Waals surface area contributed by atoms with Crippen molar-refractivity contribution in [2.24, 2.45) is 0 Å². The van der Waals surface area contributed by atoms with Crippen LogP contribution in [0.5, 0.6) is 5.75 Å². The van der Waals surface area contributed by atoms with Gasteiger partial charge < -0.3 is 14.5 Å². The molecule has 2 fully saturated rings. The van der Waals surface area contributed by atoms with E-state index in [9.17, 15) is 0 Å². The van der Waals surface area contributed by atoms with Crippen LogP contribution in [0.25, 0.3) is 5.69 Å². The van der Waals surface area contributed by atoms with Crippen molar-refractivity contribution in [3.05, 3.63) is 70.4 Å². The van der Waals surface area contributed by atoms with Gasteiger partial charge in [-0.05, 0) is 68.8 Å². The Labute approximate surface area is 207 Å². The van der Waals surface area contributed by atoms with Crippen LogP contribution in [0.2, 0.25) is 5.02 Å². The first-order valence-electron chi connectivity index (χ1n) is 12.2. The molecule has 180 valence electrons. The van der Waals surface area contributed by atoms with E-state index in [1.54, 1.807) is 7.11 Å². The van der Waals surface area contributed by atoms with E-state index in [1.165, 1.54) is 29.8 Å². The molecule has 34 heavy (non-hydrogen) atoms. The Morgan fingerprint density at radius 2 is 1.65 bits per heavy atom. The SMILES string of the molecule is COc1ccc(-n2nc(C)c(CN(Cc3ccc(Cl)cc3)C3CC3)c2N2CCN(C)CC2)cc1. The van der Waals surface area contributed by atoms with Crippen molar-refractivity contribution in [2.75, 3.05) is 45.2 Å². The summed E-state index contributed by atoms with van der Waals surface area (Å²) in [6.45, 7) is 8.11. The molecule has 7 heteroatoms. The summed E-state index contributed by atoms with van der Waals surface area (Å²) in [5.74, 6) is 2.09. The Kier molecular flexibility index (Phi) is 6.82. The van der Waals surface area contributed by atoms with E-state index in [2.05, 4.69) is 57.6 Å². The zero-order chi connectivity index (χ0) is 23.7. The zero-order valence-corrected chi connectivity index (χ0v) is 21.1. The minimum atomic E-state index is 0.639. The quantitative estimate of drug-likeness (QED) is 0.465. The van der Waals surface area contributed by atoms with Gasteiger partial charge >= 0.3 is 0 Å². The molecule has 0 atom stereocenters. The summed E-state index contributed by atoms with van der Waals surface area (Å²) < 4.78 is 7.52. The maximum absolute atomic E-state index is 6.13. The van der Waals surface area contributed by atoms with E-state index in [1.807, 2.05) is 24.3 Å². The smallest absolute Gasteiger partial charge is 0.137 e. The molecule has 1 aliphatic heterocycles. The molecule has 0 spiro atoms. The molecular formula is C27H34ClN5O. The number of halogens is 1. The molecule has 2 aliphatic rings. The van der Waals surface area contributed by atoms with Gasteiger partial charge in [-0.25, -0.2) is 4.68 Å². The minimum absolute atomic E-state index is 0.639. The van der Waals surface area contributed by atoms with Gasteiger partial charge in [-0.15, -0.1) is 0 Å². The summed E-state index contributed by atoms with van der Waals surface area (Å²) in [5.41, 5.74) is 4.81. The van der Waals surface area contributed by atoms with E-state index in [0.717, 1.165) is 61.4 Å². The van der Waals surface area contributed by atoms with Crippen molar-refractivity contribution in [3.8, 4) is 11.4 Å². The maximum atomic E-state index is 6.13. The number of benzene rings is 2. The third-order valence-corrected chi connectivity index (χ3v) is 7.25. The van der Waals surface area contributed by atoms with Crippen LogP contribution in [0, 0.1) is 6.92 Å². The molecule has 0 unspecified atom stereocenters. The van der Waals surface area contributed by atoms with Crippen LogP contribution < -0.4 is 9.64 Å².